The molecule has 9 heteroatoms. The molecule has 0 bridgehead atoms. The summed E-state index contributed by atoms with van der Waals surface area (Å²) in [4.78, 5) is 40.9. The summed E-state index contributed by atoms with van der Waals surface area (Å²) in [6.07, 6.45) is 0. The van der Waals surface area contributed by atoms with E-state index < -0.39 is 12.1 Å². The van der Waals surface area contributed by atoms with E-state index in [2.05, 4.69) is 4.98 Å². The topological polar surface area (TPSA) is 113 Å². The van der Waals surface area contributed by atoms with E-state index in [0.29, 0.717) is 23.1 Å². The molecule has 0 spiro atoms. The molecule has 1 fully saturated rings. The van der Waals surface area contributed by atoms with Crippen molar-refractivity contribution in [2.24, 2.45) is 0 Å². The van der Waals surface area contributed by atoms with Crippen molar-refractivity contribution < 1.29 is 28.6 Å². The second kappa shape index (κ2) is 9.22. The average Bonchev–Trinajstić information content (AvgIpc) is 3.09. The Bertz CT molecular complexity index is 894. The van der Waals surface area contributed by atoms with Crippen molar-refractivity contribution in [3.05, 3.63) is 35.7 Å². The maximum absolute atomic E-state index is 12.6. The summed E-state index contributed by atoms with van der Waals surface area (Å²) in [7, 11) is 3.24. The highest BCUT2D eigenvalue weighted by Crippen LogP contribution is 2.31. The van der Waals surface area contributed by atoms with E-state index in [1.807, 2.05) is 24.3 Å². The molecule has 0 saturated carbocycles. The van der Waals surface area contributed by atoms with Crippen LogP contribution in [0, 0.1) is 6.92 Å². The number of hydrogen-bond acceptors (Lipinski definition) is 6. The van der Waals surface area contributed by atoms with Gasteiger partial charge in [0.15, 0.2) is 0 Å². The number of oxazole rings is 1. The number of carbonyl (C=O) groups excluding carboxylic acids is 2. The van der Waals surface area contributed by atoms with Gasteiger partial charge in [0, 0.05) is 7.05 Å². The molecule has 2 heterocycles. The number of hydrogen-bond donors (Lipinski definition) is 1. The lowest BCUT2D eigenvalue weighted by molar-refractivity contribution is -0.159. The number of amides is 2. The van der Waals surface area contributed by atoms with Crippen LogP contribution in [0.2, 0.25) is 0 Å². The van der Waals surface area contributed by atoms with Crippen LogP contribution in [0.3, 0.4) is 0 Å². The van der Waals surface area contributed by atoms with E-state index >= 15 is 0 Å². The number of ether oxygens (including phenoxy) is 1. The quantitative estimate of drug-likeness (QED) is 0.776. The fourth-order valence-corrected chi connectivity index (χ4v) is 3.10. The second-order valence-electron chi connectivity index (χ2n) is 6.59. The number of likely N-dealkylation sites (N-methyl/N-ethyl adjacent to an activating group) is 1. The molecule has 1 aliphatic heterocycles. The van der Waals surface area contributed by atoms with Gasteiger partial charge in [-0.25, -0.2) is 4.98 Å². The SMILES string of the molecule is COc1ccccc1-c1nc(CN2C(=O)[C@H](C)N(C)C(=O)[C@@H]2C)c(C)o1.O=CO. The first-order valence-corrected chi connectivity index (χ1v) is 9.01. The summed E-state index contributed by atoms with van der Waals surface area (Å²) in [6, 6.07) is 6.43. The molecule has 0 unspecified atom stereocenters. The van der Waals surface area contributed by atoms with Crippen LogP contribution in [0.4, 0.5) is 0 Å². The number of piperazine rings is 1. The van der Waals surface area contributed by atoms with Crippen molar-refractivity contribution in [2.45, 2.75) is 39.4 Å². The van der Waals surface area contributed by atoms with Gasteiger partial charge in [-0.05, 0) is 32.9 Å². The summed E-state index contributed by atoms with van der Waals surface area (Å²) >= 11 is 0. The van der Waals surface area contributed by atoms with Crippen LogP contribution in [-0.2, 0) is 20.9 Å². The van der Waals surface area contributed by atoms with Crippen LogP contribution in [0.1, 0.15) is 25.3 Å². The predicted octanol–water partition coefficient (Wildman–Crippen LogP) is 1.94. The molecule has 2 atom stereocenters. The molecule has 2 aromatic rings. The zero-order chi connectivity index (χ0) is 21.7. The van der Waals surface area contributed by atoms with Gasteiger partial charge in [-0.2, -0.15) is 0 Å². The molecular weight excluding hydrogens is 378 g/mol. The Morgan fingerprint density at radius 2 is 1.83 bits per heavy atom. The number of carboxylic acid groups (broad SMARTS) is 1. The molecule has 3 rings (SSSR count). The maximum Gasteiger partial charge on any atom is 0.290 e. The lowest BCUT2D eigenvalue weighted by Gasteiger charge is -2.40. The zero-order valence-corrected chi connectivity index (χ0v) is 17.1. The lowest BCUT2D eigenvalue weighted by Crippen LogP contribution is -2.61. The van der Waals surface area contributed by atoms with Gasteiger partial charge in [0.25, 0.3) is 6.47 Å². The molecule has 1 aliphatic rings. The highest BCUT2D eigenvalue weighted by molar-refractivity contribution is 5.96. The van der Waals surface area contributed by atoms with E-state index in [1.165, 1.54) is 4.90 Å². The Kier molecular flexibility index (Phi) is 6.98. The third kappa shape index (κ3) is 4.39. The van der Waals surface area contributed by atoms with Crippen molar-refractivity contribution in [2.75, 3.05) is 14.2 Å². The standard InChI is InChI=1S/C19H23N3O4.CH2O2/c1-11-19(24)22(12(2)18(23)21(11)4)10-15-13(3)26-17(20-15)14-8-6-7-9-16(14)25-5;2-1-3/h6-9,11-12H,10H2,1-5H3;1H,(H,2,3)/t11-,12-;/m0./s1. The minimum atomic E-state index is -0.533. The molecule has 1 aromatic heterocycles. The summed E-state index contributed by atoms with van der Waals surface area (Å²) in [5.74, 6) is 1.53. The van der Waals surface area contributed by atoms with Gasteiger partial charge in [0.1, 0.15) is 29.3 Å². The largest absolute Gasteiger partial charge is 0.496 e. The van der Waals surface area contributed by atoms with Crippen LogP contribution in [0.15, 0.2) is 28.7 Å². The van der Waals surface area contributed by atoms with Crippen LogP contribution in [-0.4, -0.2) is 64.4 Å². The highest BCUT2D eigenvalue weighted by Gasteiger charge is 2.40. The van der Waals surface area contributed by atoms with Gasteiger partial charge in [-0.3, -0.25) is 14.4 Å². The van der Waals surface area contributed by atoms with Crippen LogP contribution in [0.5, 0.6) is 5.75 Å². The molecule has 156 valence electrons. The lowest BCUT2D eigenvalue weighted by atomic mass is 10.1. The van der Waals surface area contributed by atoms with Gasteiger partial charge in [0.2, 0.25) is 17.7 Å². The monoisotopic (exact) mass is 403 g/mol. The van der Waals surface area contributed by atoms with Crippen LogP contribution >= 0.6 is 0 Å². The summed E-state index contributed by atoms with van der Waals surface area (Å²) < 4.78 is 11.2. The smallest absolute Gasteiger partial charge is 0.290 e. The average molecular weight is 403 g/mol. The summed E-state index contributed by atoms with van der Waals surface area (Å²) in [6.45, 7) is 5.25. The predicted molar refractivity (Wildman–Crippen MR) is 104 cm³/mol. The van der Waals surface area contributed by atoms with E-state index in [9.17, 15) is 9.59 Å². The van der Waals surface area contributed by atoms with Crippen molar-refractivity contribution in [1.82, 2.24) is 14.8 Å². The summed E-state index contributed by atoms with van der Waals surface area (Å²) in [5.41, 5.74) is 1.38. The first-order valence-electron chi connectivity index (χ1n) is 9.01. The fraction of sp³-hybridized carbons (Fsp3) is 0.400. The molecule has 1 aromatic carbocycles. The first-order chi connectivity index (χ1) is 13.8. The fourth-order valence-electron chi connectivity index (χ4n) is 3.10. The molecule has 2 amide bonds. The number of methoxy groups -OCH3 is 1. The van der Waals surface area contributed by atoms with Gasteiger partial charge in [-0.15, -0.1) is 0 Å². The number of carbonyl (C=O) groups is 3. The zero-order valence-electron chi connectivity index (χ0n) is 17.1. The van der Waals surface area contributed by atoms with Crippen molar-refractivity contribution >= 4 is 18.3 Å². The van der Waals surface area contributed by atoms with Crippen LogP contribution < -0.4 is 4.74 Å². The van der Waals surface area contributed by atoms with E-state index in [1.54, 1.807) is 39.8 Å². The normalized spacial score (nSPS) is 18.9. The molecule has 29 heavy (non-hydrogen) atoms. The number of aromatic nitrogens is 1. The third-order valence-electron chi connectivity index (χ3n) is 4.94. The van der Waals surface area contributed by atoms with E-state index in [0.717, 1.165) is 5.56 Å². The van der Waals surface area contributed by atoms with Gasteiger partial charge >= 0.3 is 0 Å². The molecule has 1 saturated heterocycles. The Balaban J connectivity index is 0.000000941. The Labute approximate surface area is 168 Å². The number of rotatable bonds is 4. The molecule has 0 aliphatic carbocycles. The van der Waals surface area contributed by atoms with E-state index in [-0.39, 0.29) is 24.8 Å². The summed E-state index contributed by atoms with van der Waals surface area (Å²) in [5, 5.41) is 6.89. The minimum absolute atomic E-state index is 0.0804. The third-order valence-corrected chi connectivity index (χ3v) is 4.94. The molecular formula is C20H25N3O6. The Morgan fingerprint density at radius 3 is 2.45 bits per heavy atom. The van der Waals surface area contributed by atoms with Gasteiger partial charge < -0.3 is 24.1 Å². The minimum Gasteiger partial charge on any atom is -0.496 e. The highest BCUT2D eigenvalue weighted by atomic mass is 16.5. The molecule has 9 nitrogen and oxygen atoms in total. The first kappa shape index (κ1) is 21.9. The van der Waals surface area contributed by atoms with Gasteiger partial charge in [0.05, 0.1) is 19.2 Å². The number of benzene rings is 1. The molecule has 0 radical (unpaired) electrons. The maximum atomic E-state index is 12.6. The Hall–Kier alpha value is -3.36. The molecule has 1 N–H and O–H groups in total. The number of para-hydroxylation sites is 1. The number of aryl methyl sites for hydroxylation is 1. The second-order valence-corrected chi connectivity index (χ2v) is 6.59. The van der Waals surface area contributed by atoms with Crippen molar-refractivity contribution in [3.63, 3.8) is 0 Å². The van der Waals surface area contributed by atoms with Crippen LogP contribution in [0.25, 0.3) is 11.5 Å². The van der Waals surface area contributed by atoms with Gasteiger partial charge in [-0.1, -0.05) is 12.1 Å². The van der Waals surface area contributed by atoms with E-state index in [4.69, 9.17) is 19.1 Å². The Morgan fingerprint density at radius 1 is 1.21 bits per heavy atom. The van der Waals surface area contributed by atoms with Crippen molar-refractivity contribution in [1.29, 1.82) is 0 Å². The number of nitrogens with zero attached hydrogens (tertiary/aromatic N) is 3. The van der Waals surface area contributed by atoms with Crippen molar-refractivity contribution in [3.8, 4) is 17.2 Å².